The van der Waals surface area contributed by atoms with Gasteiger partial charge in [0.05, 0.1) is 17.3 Å². The van der Waals surface area contributed by atoms with Gasteiger partial charge in [-0.15, -0.1) is 12.4 Å². The molecule has 0 spiro atoms. The zero-order valence-electron chi connectivity index (χ0n) is 26.3. The molecule has 1 atom stereocenters. The number of aromatic nitrogens is 1. The maximum atomic E-state index is 11.7. The van der Waals surface area contributed by atoms with Crippen LogP contribution in [0, 0.1) is 0 Å². The van der Waals surface area contributed by atoms with Crippen LogP contribution in [0.4, 0.5) is 0 Å². The summed E-state index contributed by atoms with van der Waals surface area (Å²) in [5.74, 6) is 0. The third-order valence-electron chi connectivity index (χ3n) is 8.33. The number of para-hydroxylation sites is 1. The normalized spacial score (nSPS) is 12.1. The number of hydrogen-bond acceptors (Lipinski definition) is 3. The van der Waals surface area contributed by atoms with Crippen molar-refractivity contribution >= 4 is 34.9 Å². The van der Waals surface area contributed by atoms with Gasteiger partial charge in [0.2, 0.25) is 0 Å². The summed E-state index contributed by atoms with van der Waals surface area (Å²) in [5, 5.41) is 13.4. The summed E-state index contributed by atoms with van der Waals surface area (Å²) in [6.45, 7) is 7.36. The minimum absolute atomic E-state index is 0. The molecule has 0 aliphatic heterocycles. The van der Waals surface area contributed by atoms with Gasteiger partial charge in [0.15, 0.2) is 0 Å². The number of unbranched alkanes of at least 4 members (excludes halogenated alkanes) is 14. The van der Waals surface area contributed by atoms with E-state index < -0.39 is 6.10 Å². The van der Waals surface area contributed by atoms with Crippen LogP contribution in [0.2, 0.25) is 5.02 Å². The summed E-state index contributed by atoms with van der Waals surface area (Å²) in [6.07, 6.45) is 20.7. The van der Waals surface area contributed by atoms with Crippen LogP contribution < -0.4 is 0 Å². The van der Waals surface area contributed by atoms with Gasteiger partial charge in [0, 0.05) is 22.5 Å². The number of pyridine rings is 1. The topological polar surface area (TPSA) is 36.4 Å². The first-order chi connectivity index (χ1) is 20.1. The van der Waals surface area contributed by atoms with Crippen molar-refractivity contribution in [3.05, 3.63) is 65.2 Å². The van der Waals surface area contributed by atoms with Crippen molar-refractivity contribution in [2.24, 2.45) is 0 Å². The van der Waals surface area contributed by atoms with Crippen LogP contribution in [-0.4, -0.2) is 34.6 Å². The van der Waals surface area contributed by atoms with E-state index in [4.69, 9.17) is 16.6 Å². The predicted molar refractivity (Wildman–Crippen MR) is 186 cm³/mol. The van der Waals surface area contributed by atoms with Gasteiger partial charge in [-0.1, -0.05) is 146 Å². The SMILES string of the molecule is CCCCCCCCCCN(CCCCCCCCCC)CC(O)c1cc(-c2ccc(Cl)cc2)nc2ccccc12.Cl. The zero-order valence-corrected chi connectivity index (χ0v) is 27.9. The van der Waals surface area contributed by atoms with Gasteiger partial charge in [0.25, 0.3) is 0 Å². The summed E-state index contributed by atoms with van der Waals surface area (Å²) in [7, 11) is 0. The van der Waals surface area contributed by atoms with Gasteiger partial charge in [-0.2, -0.15) is 0 Å². The number of nitrogens with zero attached hydrogens (tertiary/aromatic N) is 2. The van der Waals surface area contributed by atoms with Crippen LogP contribution >= 0.6 is 24.0 Å². The molecule has 0 saturated heterocycles. The van der Waals surface area contributed by atoms with Crippen LogP contribution in [0.3, 0.4) is 0 Å². The van der Waals surface area contributed by atoms with E-state index in [0.29, 0.717) is 11.6 Å². The number of fused-ring (bicyclic) bond motifs is 1. The highest BCUT2D eigenvalue weighted by Gasteiger charge is 2.18. The largest absolute Gasteiger partial charge is 0.387 e. The molecule has 1 aromatic heterocycles. The zero-order chi connectivity index (χ0) is 29.1. The first kappa shape index (κ1) is 36.5. The molecular weight excluding hydrogens is 559 g/mol. The highest BCUT2D eigenvalue weighted by atomic mass is 35.5. The van der Waals surface area contributed by atoms with Crippen molar-refractivity contribution in [2.45, 2.75) is 123 Å². The maximum Gasteiger partial charge on any atom is 0.0924 e. The number of aliphatic hydroxyl groups excluding tert-OH is 1. The fourth-order valence-electron chi connectivity index (χ4n) is 5.82. The summed E-state index contributed by atoms with van der Waals surface area (Å²) in [4.78, 5) is 7.45. The molecule has 0 fully saturated rings. The van der Waals surface area contributed by atoms with Gasteiger partial charge < -0.3 is 10.0 Å². The van der Waals surface area contributed by atoms with E-state index in [-0.39, 0.29) is 12.4 Å². The maximum absolute atomic E-state index is 11.7. The van der Waals surface area contributed by atoms with Crippen molar-refractivity contribution in [3.8, 4) is 11.3 Å². The Labute approximate surface area is 267 Å². The Morgan fingerprint density at radius 1 is 0.690 bits per heavy atom. The molecule has 0 aliphatic rings. The average Bonchev–Trinajstić information content (AvgIpc) is 2.99. The molecule has 3 aromatic rings. The van der Waals surface area contributed by atoms with E-state index in [0.717, 1.165) is 40.8 Å². The molecule has 0 bridgehead atoms. The molecule has 0 aliphatic carbocycles. The first-order valence-corrected chi connectivity index (χ1v) is 17.1. The molecule has 1 unspecified atom stereocenters. The lowest BCUT2D eigenvalue weighted by Gasteiger charge is -2.26. The first-order valence-electron chi connectivity index (χ1n) is 16.7. The summed E-state index contributed by atoms with van der Waals surface area (Å²) in [5.41, 5.74) is 3.79. The highest BCUT2D eigenvalue weighted by molar-refractivity contribution is 6.30. The van der Waals surface area contributed by atoms with Gasteiger partial charge in [-0.3, -0.25) is 0 Å². The Morgan fingerprint density at radius 2 is 1.19 bits per heavy atom. The minimum Gasteiger partial charge on any atom is -0.387 e. The smallest absolute Gasteiger partial charge is 0.0924 e. The second kappa shape index (κ2) is 21.9. The lowest BCUT2D eigenvalue weighted by molar-refractivity contribution is 0.111. The number of rotatable bonds is 22. The molecular formula is C37H56Cl2N2O. The monoisotopic (exact) mass is 614 g/mol. The van der Waals surface area contributed by atoms with Crippen LogP contribution in [0.15, 0.2) is 54.6 Å². The van der Waals surface area contributed by atoms with Crippen LogP contribution in [-0.2, 0) is 0 Å². The molecule has 0 amide bonds. The Hall–Kier alpha value is -1.65. The molecule has 0 saturated carbocycles. The van der Waals surface area contributed by atoms with Crippen molar-refractivity contribution in [1.29, 1.82) is 0 Å². The lowest BCUT2D eigenvalue weighted by atomic mass is 9.99. The highest BCUT2D eigenvalue weighted by Crippen LogP contribution is 2.30. The standard InChI is InChI=1S/C37H55ClN2O.ClH/c1-3-5-7-9-11-13-15-19-27-40(28-20-16-14-12-10-8-6-4-2)30-37(41)34-29-36(31-23-25-32(38)26-24-31)39-35-22-18-17-21-33(34)35;/h17-18,21-26,29,37,41H,3-16,19-20,27-28,30H2,1-2H3;1H. The number of benzene rings is 2. The Balaban J connectivity index is 0.00000616. The summed E-state index contributed by atoms with van der Waals surface area (Å²) < 4.78 is 0. The molecule has 1 N–H and O–H groups in total. The van der Waals surface area contributed by atoms with Crippen molar-refractivity contribution in [3.63, 3.8) is 0 Å². The molecule has 2 aromatic carbocycles. The molecule has 42 heavy (non-hydrogen) atoms. The van der Waals surface area contributed by atoms with E-state index in [1.54, 1.807) is 0 Å². The summed E-state index contributed by atoms with van der Waals surface area (Å²) >= 11 is 6.15. The van der Waals surface area contributed by atoms with E-state index in [1.807, 2.05) is 42.5 Å². The Morgan fingerprint density at radius 3 is 1.74 bits per heavy atom. The number of aliphatic hydroxyl groups is 1. The van der Waals surface area contributed by atoms with Crippen molar-refractivity contribution in [1.82, 2.24) is 9.88 Å². The van der Waals surface area contributed by atoms with Gasteiger partial charge in [-0.25, -0.2) is 4.98 Å². The summed E-state index contributed by atoms with van der Waals surface area (Å²) in [6, 6.07) is 18.1. The average molecular weight is 616 g/mol. The Bertz CT molecular complexity index is 1080. The molecule has 5 heteroatoms. The van der Waals surface area contributed by atoms with Gasteiger partial charge in [-0.05, 0) is 55.8 Å². The van der Waals surface area contributed by atoms with E-state index in [9.17, 15) is 5.11 Å². The van der Waals surface area contributed by atoms with Crippen LogP contribution in [0.5, 0.6) is 0 Å². The minimum atomic E-state index is -0.558. The third-order valence-corrected chi connectivity index (χ3v) is 8.59. The molecule has 234 valence electrons. The van der Waals surface area contributed by atoms with E-state index in [1.165, 1.54) is 103 Å². The van der Waals surface area contributed by atoms with Crippen molar-refractivity contribution < 1.29 is 5.11 Å². The van der Waals surface area contributed by atoms with Gasteiger partial charge in [0.1, 0.15) is 0 Å². The fourth-order valence-corrected chi connectivity index (χ4v) is 5.95. The third kappa shape index (κ3) is 13.3. The molecule has 3 nitrogen and oxygen atoms in total. The lowest BCUT2D eigenvalue weighted by Crippen LogP contribution is -2.31. The van der Waals surface area contributed by atoms with Crippen molar-refractivity contribution in [2.75, 3.05) is 19.6 Å². The van der Waals surface area contributed by atoms with Gasteiger partial charge >= 0.3 is 0 Å². The van der Waals surface area contributed by atoms with Crippen LogP contribution in [0.1, 0.15) is 128 Å². The number of halogens is 2. The number of hydrogen-bond donors (Lipinski definition) is 1. The molecule has 0 radical (unpaired) electrons. The molecule has 3 rings (SSSR count). The quantitative estimate of drug-likeness (QED) is 0.114. The second-order valence-corrected chi connectivity index (χ2v) is 12.3. The Kier molecular flexibility index (Phi) is 19.1. The molecule has 1 heterocycles. The fraction of sp³-hybridized carbons (Fsp3) is 0.595. The predicted octanol–water partition coefficient (Wildman–Crippen LogP) is 11.6. The van der Waals surface area contributed by atoms with Crippen LogP contribution in [0.25, 0.3) is 22.2 Å². The van der Waals surface area contributed by atoms with E-state index in [2.05, 4.69) is 30.9 Å². The second-order valence-electron chi connectivity index (χ2n) is 11.9. The van der Waals surface area contributed by atoms with E-state index >= 15 is 0 Å².